The third kappa shape index (κ3) is 4.20. The topological polar surface area (TPSA) is 49.3 Å². The van der Waals surface area contributed by atoms with Crippen molar-refractivity contribution in [1.29, 1.82) is 0 Å². The first-order valence-electron chi connectivity index (χ1n) is 6.04. The lowest BCUT2D eigenvalue weighted by Gasteiger charge is -2.25. The number of rotatable bonds is 7. The van der Waals surface area contributed by atoms with Crippen molar-refractivity contribution in [1.82, 2.24) is 5.32 Å². The van der Waals surface area contributed by atoms with Gasteiger partial charge in [-0.15, -0.1) is 0 Å². The van der Waals surface area contributed by atoms with Crippen LogP contribution in [0.2, 0.25) is 0 Å². The molecule has 1 saturated carbocycles. The first kappa shape index (κ1) is 12.5. The van der Waals surface area contributed by atoms with Gasteiger partial charge in [0, 0.05) is 6.54 Å². The van der Waals surface area contributed by atoms with Crippen molar-refractivity contribution in [3.8, 4) is 0 Å². The van der Waals surface area contributed by atoms with Crippen LogP contribution in [0.25, 0.3) is 0 Å². The molecule has 1 aliphatic carbocycles. The molecular weight excluding hydrogens is 190 g/mol. The zero-order chi connectivity index (χ0) is 11.3. The fraction of sp³-hybridized carbons (Fsp3) is 0.917. The van der Waals surface area contributed by atoms with Gasteiger partial charge in [-0.25, -0.2) is 0 Å². The van der Waals surface area contributed by atoms with Crippen LogP contribution in [0.3, 0.4) is 0 Å². The van der Waals surface area contributed by atoms with Crippen molar-refractivity contribution in [2.24, 2.45) is 17.8 Å². The molecule has 0 heterocycles. The Morgan fingerprint density at radius 1 is 1.47 bits per heavy atom. The lowest BCUT2D eigenvalue weighted by molar-refractivity contribution is -0.143. The summed E-state index contributed by atoms with van der Waals surface area (Å²) in [6, 6.07) is 0. The molecule has 0 aromatic rings. The summed E-state index contributed by atoms with van der Waals surface area (Å²) >= 11 is 0. The first-order valence-corrected chi connectivity index (χ1v) is 6.04. The van der Waals surface area contributed by atoms with Gasteiger partial charge in [0.2, 0.25) is 0 Å². The van der Waals surface area contributed by atoms with E-state index in [1.165, 1.54) is 25.7 Å². The maximum absolute atomic E-state index is 10.9. The van der Waals surface area contributed by atoms with Gasteiger partial charge in [0.25, 0.3) is 0 Å². The quantitative estimate of drug-likeness (QED) is 0.637. The third-order valence-corrected chi connectivity index (χ3v) is 3.44. The summed E-state index contributed by atoms with van der Waals surface area (Å²) in [7, 11) is 0. The van der Waals surface area contributed by atoms with Crippen molar-refractivity contribution < 1.29 is 9.90 Å². The molecule has 1 atom stereocenters. The molecule has 15 heavy (non-hydrogen) atoms. The Labute approximate surface area is 92.3 Å². The van der Waals surface area contributed by atoms with Gasteiger partial charge < -0.3 is 10.4 Å². The minimum absolute atomic E-state index is 0.207. The molecule has 88 valence electrons. The molecule has 0 amide bonds. The molecule has 1 rings (SSSR count). The number of hydrogen-bond acceptors (Lipinski definition) is 2. The van der Waals surface area contributed by atoms with Crippen LogP contribution < -0.4 is 5.32 Å². The number of carboxylic acid groups (broad SMARTS) is 1. The Balaban J connectivity index is 2.07. The molecule has 1 unspecified atom stereocenters. The Morgan fingerprint density at radius 3 is 2.53 bits per heavy atom. The van der Waals surface area contributed by atoms with E-state index in [0.717, 1.165) is 12.5 Å². The van der Waals surface area contributed by atoms with Crippen LogP contribution in [0.15, 0.2) is 0 Å². The molecule has 3 nitrogen and oxygen atoms in total. The lowest BCUT2D eigenvalue weighted by Crippen LogP contribution is -2.33. The van der Waals surface area contributed by atoms with E-state index in [9.17, 15) is 4.79 Å². The molecular formula is C12H23NO2. The summed E-state index contributed by atoms with van der Waals surface area (Å²) in [5.41, 5.74) is 0. The molecule has 2 N–H and O–H groups in total. The predicted molar refractivity (Wildman–Crippen MR) is 60.8 cm³/mol. The average molecular weight is 213 g/mol. The molecule has 0 saturated heterocycles. The fourth-order valence-electron chi connectivity index (χ4n) is 1.95. The van der Waals surface area contributed by atoms with Gasteiger partial charge in [-0.1, -0.05) is 33.1 Å². The monoisotopic (exact) mass is 213 g/mol. The maximum Gasteiger partial charge on any atom is 0.308 e. The summed E-state index contributed by atoms with van der Waals surface area (Å²) < 4.78 is 0. The lowest BCUT2D eigenvalue weighted by atomic mass is 9.83. The molecule has 0 spiro atoms. The van der Waals surface area contributed by atoms with Gasteiger partial charge in [0.05, 0.1) is 5.92 Å². The number of carboxylic acids is 1. The van der Waals surface area contributed by atoms with Gasteiger partial charge in [-0.05, 0) is 24.8 Å². The highest BCUT2D eigenvalue weighted by atomic mass is 16.4. The van der Waals surface area contributed by atoms with E-state index in [-0.39, 0.29) is 11.8 Å². The zero-order valence-corrected chi connectivity index (χ0v) is 9.83. The molecule has 1 fully saturated rings. The fourth-order valence-corrected chi connectivity index (χ4v) is 1.95. The molecule has 0 aromatic carbocycles. The second-order valence-electron chi connectivity index (χ2n) is 4.98. The normalized spacial score (nSPS) is 18.9. The molecule has 3 heteroatoms. The Kier molecular flexibility index (Phi) is 5.09. The number of hydrogen-bond donors (Lipinski definition) is 2. The van der Waals surface area contributed by atoms with Gasteiger partial charge in [-0.3, -0.25) is 4.79 Å². The average Bonchev–Trinajstić information content (AvgIpc) is 2.06. The van der Waals surface area contributed by atoms with Crippen LogP contribution >= 0.6 is 0 Å². The highest BCUT2D eigenvalue weighted by Gasteiger charge is 2.21. The van der Waals surface area contributed by atoms with E-state index < -0.39 is 5.97 Å². The van der Waals surface area contributed by atoms with Gasteiger partial charge in [0.1, 0.15) is 0 Å². The van der Waals surface area contributed by atoms with Gasteiger partial charge >= 0.3 is 5.97 Å². The molecule has 0 bridgehead atoms. The second kappa shape index (κ2) is 6.11. The number of nitrogens with one attached hydrogen (secondary N) is 1. The van der Waals surface area contributed by atoms with E-state index in [4.69, 9.17) is 5.11 Å². The van der Waals surface area contributed by atoms with E-state index >= 15 is 0 Å². The number of aliphatic carboxylic acids is 1. The molecule has 1 aliphatic rings. The SMILES string of the molecule is CC(C)C(CNCCC1CCC1)C(=O)O. The van der Waals surface area contributed by atoms with Crippen molar-refractivity contribution >= 4 is 5.97 Å². The van der Waals surface area contributed by atoms with Crippen LogP contribution in [0.5, 0.6) is 0 Å². The van der Waals surface area contributed by atoms with Crippen molar-refractivity contribution in [2.75, 3.05) is 13.1 Å². The summed E-state index contributed by atoms with van der Waals surface area (Å²) in [6.45, 7) is 5.51. The van der Waals surface area contributed by atoms with E-state index in [1.807, 2.05) is 13.8 Å². The van der Waals surface area contributed by atoms with E-state index in [1.54, 1.807) is 0 Å². The zero-order valence-electron chi connectivity index (χ0n) is 9.83. The summed E-state index contributed by atoms with van der Waals surface area (Å²) in [4.78, 5) is 10.9. The van der Waals surface area contributed by atoms with Gasteiger partial charge in [-0.2, -0.15) is 0 Å². The van der Waals surface area contributed by atoms with Gasteiger partial charge in [0.15, 0.2) is 0 Å². The largest absolute Gasteiger partial charge is 0.481 e. The maximum atomic E-state index is 10.9. The van der Waals surface area contributed by atoms with Crippen LogP contribution in [0.4, 0.5) is 0 Å². The smallest absolute Gasteiger partial charge is 0.308 e. The Hall–Kier alpha value is -0.570. The highest BCUT2D eigenvalue weighted by Crippen LogP contribution is 2.28. The highest BCUT2D eigenvalue weighted by molar-refractivity contribution is 5.70. The standard InChI is InChI=1S/C12H23NO2/c1-9(2)11(12(14)15)8-13-7-6-10-4-3-5-10/h9-11,13H,3-8H2,1-2H3,(H,14,15). The number of carbonyl (C=O) groups is 1. The summed E-state index contributed by atoms with van der Waals surface area (Å²) in [6.07, 6.45) is 5.33. The van der Waals surface area contributed by atoms with Crippen LogP contribution in [0, 0.1) is 17.8 Å². The molecule has 0 aromatic heterocycles. The van der Waals surface area contributed by atoms with E-state index in [2.05, 4.69) is 5.32 Å². The van der Waals surface area contributed by atoms with Crippen molar-refractivity contribution in [2.45, 2.75) is 39.5 Å². The summed E-state index contributed by atoms with van der Waals surface area (Å²) in [5, 5.41) is 12.2. The minimum Gasteiger partial charge on any atom is -0.481 e. The van der Waals surface area contributed by atoms with Crippen molar-refractivity contribution in [3.05, 3.63) is 0 Å². The van der Waals surface area contributed by atoms with Crippen LogP contribution in [0.1, 0.15) is 39.5 Å². The Bertz CT molecular complexity index is 200. The minimum atomic E-state index is -0.679. The predicted octanol–water partition coefficient (Wildman–Crippen LogP) is 2.12. The van der Waals surface area contributed by atoms with Crippen LogP contribution in [-0.4, -0.2) is 24.2 Å². The second-order valence-corrected chi connectivity index (χ2v) is 4.98. The van der Waals surface area contributed by atoms with Crippen molar-refractivity contribution in [3.63, 3.8) is 0 Å². The molecule has 0 radical (unpaired) electrons. The Morgan fingerprint density at radius 2 is 2.13 bits per heavy atom. The third-order valence-electron chi connectivity index (χ3n) is 3.44. The summed E-state index contributed by atoms with van der Waals surface area (Å²) in [5.74, 6) is 0.186. The van der Waals surface area contributed by atoms with E-state index in [0.29, 0.717) is 6.54 Å². The van der Waals surface area contributed by atoms with Crippen LogP contribution in [-0.2, 0) is 4.79 Å². The molecule has 0 aliphatic heterocycles. The first-order chi connectivity index (χ1) is 7.11.